The van der Waals surface area contributed by atoms with Crippen molar-refractivity contribution in [2.24, 2.45) is 0 Å². The lowest BCUT2D eigenvalue weighted by molar-refractivity contribution is -0.132. The average molecular weight is 286 g/mol. The monoisotopic (exact) mass is 286 g/mol. The van der Waals surface area contributed by atoms with Crippen molar-refractivity contribution in [3.8, 4) is 0 Å². The summed E-state index contributed by atoms with van der Waals surface area (Å²) in [6.45, 7) is -0.915. The Morgan fingerprint density at radius 1 is 1.45 bits per heavy atom. The maximum atomic E-state index is 12.1. The van der Waals surface area contributed by atoms with Crippen LogP contribution in [0.25, 0.3) is 0 Å². The number of piperazine rings is 1. The molecule has 1 aliphatic rings. The third kappa shape index (κ3) is 3.64. The molecule has 1 heterocycles. The first-order valence-corrected chi connectivity index (χ1v) is 6.28. The van der Waals surface area contributed by atoms with Crippen LogP contribution in [-0.2, 0) is 4.74 Å². The molecule has 1 atom stereocenters. The van der Waals surface area contributed by atoms with Crippen molar-refractivity contribution in [2.75, 3.05) is 31.1 Å². The number of halogens is 2. The second-order valence-electron chi connectivity index (χ2n) is 4.50. The highest BCUT2D eigenvalue weighted by Crippen LogP contribution is 2.20. The van der Waals surface area contributed by atoms with Crippen molar-refractivity contribution in [3.05, 3.63) is 29.8 Å². The lowest BCUT2D eigenvalue weighted by Crippen LogP contribution is -2.53. The molecule has 2 N–H and O–H groups in total. The maximum absolute atomic E-state index is 12.1. The number of hydrogen-bond acceptors (Lipinski definition) is 4. The number of nitrogens with one attached hydrogen (secondary N) is 1. The number of rotatable bonds is 5. The first kappa shape index (κ1) is 14.7. The Morgan fingerprint density at radius 2 is 2.15 bits per heavy atom. The average Bonchev–Trinajstić information content (AvgIpc) is 2.45. The van der Waals surface area contributed by atoms with E-state index in [4.69, 9.17) is 5.11 Å². The van der Waals surface area contributed by atoms with Crippen LogP contribution in [0.2, 0.25) is 0 Å². The number of aromatic carboxylic acids is 1. The van der Waals surface area contributed by atoms with Crippen molar-refractivity contribution < 1.29 is 23.4 Å². The van der Waals surface area contributed by atoms with Gasteiger partial charge in [-0.1, -0.05) is 0 Å². The van der Waals surface area contributed by atoms with E-state index in [-0.39, 0.29) is 18.2 Å². The number of alkyl halides is 2. The van der Waals surface area contributed by atoms with Gasteiger partial charge in [-0.2, -0.15) is 8.78 Å². The van der Waals surface area contributed by atoms with Crippen molar-refractivity contribution in [3.63, 3.8) is 0 Å². The minimum atomic E-state index is -2.78. The molecule has 2 rings (SSSR count). The Kier molecular flexibility index (Phi) is 4.86. The third-order valence-corrected chi connectivity index (χ3v) is 3.21. The van der Waals surface area contributed by atoms with Crippen molar-refractivity contribution in [1.82, 2.24) is 5.32 Å². The molecule has 1 aromatic carbocycles. The van der Waals surface area contributed by atoms with Crippen LogP contribution in [0.15, 0.2) is 24.3 Å². The zero-order chi connectivity index (χ0) is 14.5. The standard InChI is InChI=1S/C13H16F2N2O3/c14-13(15)20-8-11-7-16-5-6-17(11)10-3-1-9(2-4-10)12(18)19/h1-4,11,13,16H,5-8H2,(H,18,19). The number of carboxylic acids is 1. The topological polar surface area (TPSA) is 61.8 Å². The number of carboxylic acid groups (broad SMARTS) is 1. The van der Waals surface area contributed by atoms with E-state index in [0.717, 1.165) is 12.2 Å². The molecule has 1 unspecified atom stereocenters. The van der Waals surface area contributed by atoms with E-state index in [0.29, 0.717) is 13.1 Å². The van der Waals surface area contributed by atoms with Crippen LogP contribution in [0.5, 0.6) is 0 Å². The van der Waals surface area contributed by atoms with Crippen molar-refractivity contribution in [2.45, 2.75) is 12.7 Å². The number of anilines is 1. The summed E-state index contributed by atoms with van der Waals surface area (Å²) in [7, 11) is 0. The number of carbonyl (C=O) groups is 1. The lowest BCUT2D eigenvalue weighted by Gasteiger charge is -2.37. The molecule has 0 amide bonds. The van der Waals surface area contributed by atoms with Gasteiger partial charge in [0.2, 0.25) is 0 Å². The van der Waals surface area contributed by atoms with E-state index in [1.165, 1.54) is 12.1 Å². The highest BCUT2D eigenvalue weighted by atomic mass is 19.3. The van der Waals surface area contributed by atoms with Gasteiger partial charge >= 0.3 is 12.6 Å². The quantitative estimate of drug-likeness (QED) is 0.857. The number of hydrogen-bond donors (Lipinski definition) is 2. The van der Waals surface area contributed by atoms with Gasteiger partial charge in [0.1, 0.15) is 0 Å². The van der Waals surface area contributed by atoms with Gasteiger partial charge in [-0.05, 0) is 24.3 Å². The van der Waals surface area contributed by atoms with Gasteiger partial charge in [0.15, 0.2) is 0 Å². The highest BCUT2D eigenvalue weighted by molar-refractivity contribution is 5.88. The molecule has 1 fully saturated rings. The molecular weight excluding hydrogens is 270 g/mol. The maximum Gasteiger partial charge on any atom is 0.345 e. The smallest absolute Gasteiger partial charge is 0.345 e. The van der Waals surface area contributed by atoms with E-state index in [2.05, 4.69) is 10.1 Å². The van der Waals surface area contributed by atoms with Gasteiger partial charge in [0.05, 0.1) is 18.2 Å². The van der Waals surface area contributed by atoms with Crippen LogP contribution >= 0.6 is 0 Å². The summed E-state index contributed by atoms with van der Waals surface area (Å²) < 4.78 is 28.7. The van der Waals surface area contributed by atoms with Gasteiger partial charge in [-0.25, -0.2) is 4.79 Å². The predicted molar refractivity (Wildman–Crippen MR) is 69.4 cm³/mol. The fourth-order valence-corrected chi connectivity index (χ4v) is 2.23. The second-order valence-corrected chi connectivity index (χ2v) is 4.50. The van der Waals surface area contributed by atoms with Crippen molar-refractivity contribution in [1.29, 1.82) is 0 Å². The lowest BCUT2D eigenvalue weighted by atomic mass is 10.1. The Balaban J connectivity index is 2.08. The normalized spacial score (nSPS) is 19.4. The first-order chi connectivity index (χ1) is 9.58. The van der Waals surface area contributed by atoms with Crippen LogP contribution in [0.1, 0.15) is 10.4 Å². The Labute approximate surface area is 115 Å². The summed E-state index contributed by atoms with van der Waals surface area (Å²) in [5.41, 5.74) is 1.00. The fraction of sp³-hybridized carbons (Fsp3) is 0.462. The van der Waals surface area contributed by atoms with Gasteiger partial charge < -0.3 is 20.1 Å². The van der Waals surface area contributed by atoms with E-state index < -0.39 is 12.6 Å². The molecule has 0 bridgehead atoms. The third-order valence-electron chi connectivity index (χ3n) is 3.21. The van der Waals surface area contributed by atoms with Gasteiger partial charge in [-0.3, -0.25) is 0 Å². The summed E-state index contributed by atoms with van der Waals surface area (Å²) in [5, 5.41) is 12.0. The predicted octanol–water partition coefficient (Wildman–Crippen LogP) is 1.40. The number of ether oxygens (including phenoxy) is 1. The van der Waals surface area contributed by atoms with E-state index in [1.54, 1.807) is 12.1 Å². The zero-order valence-corrected chi connectivity index (χ0v) is 10.8. The molecule has 1 aromatic rings. The van der Waals surface area contributed by atoms with Crippen molar-refractivity contribution >= 4 is 11.7 Å². The molecule has 110 valence electrons. The van der Waals surface area contributed by atoms with E-state index in [1.807, 2.05) is 4.90 Å². The van der Waals surface area contributed by atoms with E-state index >= 15 is 0 Å². The van der Waals surface area contributed by atoms with Crippen LogP contribution in [0, 0.1) is 0 Å². The molecule has 0 radical (unpaired) electrons. The van der Waals surface area contributed by atoms with Gasteiger partial charge in [0.25, 0.3) is 0 Å². The highest BCUT2D eigenvalue weighted by Gasteiger charge is 2.24. The Hall–Kier alpha value is -1.73. The second kappa shape index (κ2) is 6.62. The molecule has 0 spiro atoms. The largest absolute Gasteiger partial charge is 0.478 e. The number of nitrogens with zero attached hydrogens (tertiary/aromatic N) is 1. The molecule has 0 aliphatic carbocycles. The minimum Gasteiger partial charge on any atom is -0.478 e. The molecule has 7 heteroatoms. The molecule has 0 aromatic heterocycles. The van der Waals surface area contributed by atoms with Crippen LogP contribution in [0.3, 0.4) is 0 Å². The molecule has 0 saturated carbocycles. The summed E-state index contributed by atoms with van der Waals surface area (Å²) in [6, 6.07) is 6.18. The molecule has 1 aliphatic heterocycles. The van der Waals surface area contributed by atoms with Crippen LogP contribution in [0.4, 0.5) is 14.5 Å². The Morgan fingerprint density at radius 3 is 2.75 bits per heavy atom. The summed E-state index contributed by atoms with van der Waals surface area (Å²) in [6.07, 6.45) is 0. The molecule has 5 nitrogen and oxygen atoms in total. The summed E-state index contributed by atoms with van der Waals surface area (Å²) >= 11 is 0. The van der Waals surface area contributed by atoms with Crippen LogP contribution in [-0.4, -0.2) is 50.0 Å². The zero-order valence-electron chi connectivity index (χ0n) is 10.8. The van der Waals surface area contributed by atoms with Gasteiger partial charge in [-0.15, -0.1) is 0 Å². The Bertz CT molecular complexity index is 453. The molecular formula is C13H16F2N2O3. The molecule has 1 saturated heterocycles. The first-order valence-electron chi connectivity index (χ1n) is 6.28. The van der Waals surface area contributed by atoms with Gasteiger partial charge in [0, 0.05) is 25.3 Å². The van der Waals surface area contributed by atoms with Crippen LogP contribution < -0.4 is 10.2 Å². The minimum absolute atomic E-state index is 0.0780. The fourth-order valence-electron chi connectivity index (χ4n) is 2.23. The number of benzene rings is 1. The molecule has 20 heavy (non-hydrogen) atoms. The summed E-state index contributed by atoms with van der Waals surface area (Å²) in [4.78, 5) is 12.8. The summed E-state index contributed by atoms with van der Waals surface area (Å²) in [5.74, 6) is -0.991. The SMILES string of the molecule is O=C(O)c1ccc(N2CCNCC2COC(F)F)cc1. The van der Waals surface area contributed by atoms with E-state index in [9.17, 15) is 13.6 Å².